The maximum absolute atomic E-state index is 12.7. The van der Waals surface area contributed by atoms with Crippen molar-refractivity contribution >= 4 is 21.4 Å². The van der Waals surface area contributed by atoms with Crippen LogP contribution in [0.15, 0.2) is 11.1 Å². The molecule has 0 saturated carbocycles. The second-order valence-electron chi connectivity index (χ2n) is 4.96. The predicted octanol–water partition coefficient (Wildman–Crippen LogP) is 1.88. The van der Waals surface area contributed by atoms with E-state index in [1.165, 1.54) is 4.31 Å². The molecule has 2 aromatic rings. The van der Waals surface area contributed by atoms with E-state index >= 15 is 0 Å². The zero-order chi connectivity index (χ0) is 15.8. The molecule has 2 rings (SSSR count). The molecule has 8 heteroatoms. The zero-order valence-corrected chi connectivity index (χ0v) is 14.5. The van der Waals surface area contributed by atoms with Crippen molar-refractivity contribution < 1.29 is 8.42 Å². The Kier molecular flexibility index (Phi) is 4.50. The Morgan fingerprint density at radius 1 is 1.38 bits per heavy atom. The van der Waals surface area contributed by atoms with Crippen molar-refractivity contribution in [1.82, 2.24) is 19.1 Å². The first-order valence-corrected chi connectivity index (χ1v) is 8.93. The molecule has 0 atom stereocenters. The van der Waals surface area contributed by atoms with Crippen LogP contribution in [0.1, 0.15) is 28.2 Å². The second-order valence-corrected chi connectivity index (χ2v) is 8.14. The summed E-state index contributed by atoms with van der Waals surface area (Å²) in [5.41, 5.74) is 1.18. The normalized spacial score (nSPS) is 12.3. The van der Waals surface area contributed by atoms with Gasteiger partial charge in [0.1, 0.15) is 4.90 Å². The van der Waals surface area contributed by atoms with E-state index in [0.717, 1.165) is 16.3 Å². The number of hydrogen-bond donors (Lipinski definition) is 0. The fraction of sp³-hybridized carbons (Fsp3) is 0.538. The predicted molar refractivity (Wildman–Crippen MR) is 82.8 cm³/mol. The first-order chi connectivity index (χ1) is 9.77. The van der Waals surface area contributed by atoms with Gasteiger partial charge in [0.05, 0.1) is 16.4 Å². The molecule has 0 radical (unpaired) electrons. The molecule has 0 aliphatic rings. The summed E-state index contributed by atoms with van der Waals surface area (Å²) in [6, 6.07) is 0. The molecule has 116 valence electrons. The van der Waals surface area contributed by atoms with Crippen LogP contribution in [0.5, 0.6) is 0 Å². The van der Waals surface area contributed by atoms with Gasteiger partial charge in [0.15, 0.2) is 0 Å². The smallest absolute Gasteiger partial charge is 0.246 e. The number of aromatic nitrogens is 3. The third kappa shape index (κ3) is 3.02. The maximum atomic E-state index is 12.7. The Morgan fingerprint density at radius 3 is 2.52 bits per heavy atom. The zero-order valence-electron chi connectivity index (χ0n) is 12.9. The number of sulfonamides is 1. The minimum Gasteiger partial charge on any atom is -0.271 e. The summed E-state index contributed by atoms with van der Waals surface area (Å²) in [6.45, 7) is 5.84. The van der Waals surface area contributed by atoms with Gasteiger partial charge in [-0.25, -0.2) is 13.4 Å². The van der Waals surface area contributed by atoms with E-state index in [1.807, 2.05) is 6.92 Å². The number of rotatable bonds is 5. The fourth-order valence-corrected chi connectivity index (χ4v) is 4.71. The third-order valence-electron chi connectivity index (χ3n) is 3.39. The summed E-state index contributed by atoms with van der Waals surface area (Å²) in [7, 11) is -0.208. The van der Waals surface area contributed by atoms with Gasteiger partial charge in [-0.3, -0.25) is 4.68 Å². The monoisotopic (exact) mass is 328 g/mol. The van der Waals surface area contributed by atoms with Gasteiger partial charge in [0.2, 0.25) is 10.0 Å². The van der Waals surface area contributed by atoms with Gasteiger partial charge in [0.25, 0.3) is 0 Å². The molecule has 6 nitrogen and oxygen atoms in total. The minimum atomic E-state index is -3.55. The van der Waals surface area contributed by atoms with Crippen molar-refractivity contribution in [2.75, 3.05) is 7.05 Å². The van der Waals surface area contributed by atoms with Crippen LogP contribution in [0.2, 0.25) is 0 Å². The Bertz CT molecular complexity index is 746. The summed E-state index contributed by atoms with van der Waals surface area (Å²) in [5, 5.41) is 5.20. The number of nitrogens with zero attached hydrogens (tertiary/aromatic N) is 4. The van der Waals surface area contributed by atoms with Crippen molar-refractivity contribution in [1.29, 1.82) is 0 Å². The Labute approximate surface area is 129 Å². The highest BCUT2D eigenvalue weighted by Gasteiger charge is 2.28. The van der Waals surface area contributed by atoms with E-state index in [0.29, 0.717) is 22.8 Å². The number of thiazole rings is 1. The van der Waals surface area contributed by atoms with Gasteiger partial charge in [-0.05, 0) is 20.3 Å². The highest BCUT2D eigenvalue weighted by atomic mass is 32.2. The average molecular weight is 328 g/mol. The molecule has 0 N–H and O–H groups in total. The first kappa shape index (κ1) is 16.1. The van der Waals surface area contributed by atoms with Crippen molar-refractivity contribution in [2.45, 2.75) is 38.6 Å². The average Bonchev–Trinajstić information content (AvgIpc) is 2.95. The molecule has 0 unspecified atom stereocenters. The molecule has 0 fully saturated rings. The number of hydrogen-bond acceptors (Lipinski definition) is 5. The second kappa shape index (κ2) is 5.86. The quantitative estimate of drug-likeness (QED) is 0.840. The highest BCUT2D eigenvalue weighted by Crippen LogP contribution is 2.24. The van der Waals surface area contributed by atoms with E-state index in [1.54, 1.807) is 50.2 Å². The number of aryl methyl sites for hydroxylation is 3. The summed E-state index contributed by atoms with van der Waals surface area (Å²) in [4.78, 5) is 5.50. The van der Waals surface area contributed by atoms with Gasteiger partial charge < -0.3 is 0 Å². The summed E-state index contributed by atoms with van der Waals surface area (Å²) in [6.07, 6.45) is 2.61. The minimum absolute atomic E-state index is 0.299. The van der Waals surface area contributed by atoms with Gasteiger partial charge >= 0.3 is 0 Å². The standard InChI is InChI=1S/C13H20N4O2S2/c1-6-12-14-7-11(20-12)8-16(4)21(18,19)13-9(2)15-17(5)10(13)3/h7H,6,8H2,1-5H3. The van der Waals surface area contributed by atoms with Crippen LogP contribution in [0.3, 0.4) is 0 Å². The molecule has 2 aromatic heterocycles. The van der Waals surface area contributed by atoms with E-state index in [9.17, 15) is 8.42 Å². The third-order valence-corrected chi connectivity index (χ3v) is 6.58. The van der Waals surface area contributed by atoms with Gasteiger partial charge in [0, 0.05) is 31.7 Å². The van der Waals surface area contributed by atoms with E-state index in [2.05, 4.69) is 10.1 Å². The van der Waals surface area contributed by atoms with Crippen molar-refractivity contribution in [3.8, 4) is 0 Å². The van der Waals surface area contributed by atoms with Crippen LogP contribution in [-0.4, -0.2) is 34.5 Å². The summed E-state index contributed by atoms with van der Waals surface area (Å²) < 4.78 is 28.4. The van der Waals surface area contributed by atoms with Crippen LogP contribution in [0.25, 0.3) is 0 Å². The lowest BCUT2D eigenvalue weighted by atomic mass is 10.4. The van der Waals surface area contributed by atoms with Gasteiger partial charge in [-0.1, -0.05) is 6.92 Å². The largest absolute Gasteiger partial charge is 0.271 e. The summed E-state index contributed by atoms with van der Waals surface area (Å²) in [5.74, 6) is 0. The molecule has 0 aliphatic carbocycles. The van der Waals surface area contributed by atoms with Gasteiger partial charge in [-0.15, -0.1) is 11.3 Å². The van der Waals surface area contributed by atoms with Crippen LogP contribution in [0, 0.1) is 13.8 Å². The van der Waals surface area contributed by atoms with E-state index < -0.39 is 10.0 Å². The van der Waals surface area contributed by atoms with Crippen LogP contribution >= 0.6 is 11.3 Å². The molecule has 0 bridgehead atoms. The van der Waals surface area contributed by atoms with Crippen molar-refractivity contribution in [3.05, 3.63) is 27.5 Å². The highest BCUT2D eigenvalue weighted by molar-refractivity contribution is 7.89. The van der Waals surface area contributed by atoms with E-state index in [-0.39, 0.29) is 0 Å². The van der Waals surface area contributed by atoms with Crippen LogP contribution in [-0.2, 0) is 30.0 Å². The Hall–Kier alpha value is -1.25. The Morgan fingerprint density at radius 2 is 2.05 bits per heavy atom. The van der Waals surface area contributed by atoms with Crippen molar-refractivity contribution in [2.24, 2.45) is 7.05 Å². The van der Waals surface area contributed by atoms with Crippen LogP contribution < -0.4 is 0 Å². The molecule has 0 aromatic carbocycles. The molecule has 0 spiro atoms. The lowest BCUT2D eigenvalue weighted by molar-refractivity contribution is 0.468. The molecule has 21 heavy (non-hydrogen) atoms. The first-order valence-electron chi connectivity index (χ1n) is 6.67. The van der Waals surface area contributed by atoms with E-state index in [4.69, 9.17) is 0 Å². The molecule has 0 amide bonds. The molecular weight excluding hydrogens is 308 g/mol. The van der Waals surface area contributed by atoms with Gasteiger partial charge in [-0.2, -0.15) is 9.40 Å². The maximum Gasteiger partial charge on any atom is 0.246 e. The lowest BCUT2D eigenvalue weighted by Crippen LogP contribution is -2.27. The summed E-state index contributed by atoms with van der Waals surface area (Å²) >= 11 is 1.55. The molecule has 0 aliphatic heterocycles. The fourth-order valence-electron chi connectivity index (χ4n) is 2.17. The topological polar surface area (TPSA) is 68.1 Å². The SMILES string of the molecule is CCc1ncc(CN(C)S(=O)(=O)c2c(C)nn(C)c2C)s1. The molecule has 2 heterocycles. The van der Waals surface area contributed by atoms with Crippen LogP contribution in [0.4, 0.5) is 0 Å². The molecule has 0 saturated heterocycles. The Balaban J connectivity index is 2.30. The van der Waals surface area contributed by atoms with Crippen molar-refractivity contribution in [3.63, 3.8) is 0 Å². The molecular formula is C13H20N4O2S2. The lowest BCUT2D eigenvalue weighted by Gasteiger charge is -2.16.